The van der Waals surface area contributed by atoms with Crippen LogP contribution in [0.15, 0.2) is 24.3 Å². The zero-order chi connectivity index (χ0) is 15.4. The first-order valence-electron chi connectivity index (χ1n) is 8.45. The molecule has 2 heterocycles. The Kier molecular flexibility index (Phi) is 5.11. The highest BCUT2D eigenvalue weighted by atomic mass is 16.5. The Balaban J connectivity index is 1.82. The molecule has 1 N–H and O–H groups in total. The smallest absolute Gasteiger partial charge is 0.253 e. The van der Waals surface area contributed by atoms with Crippen molar-refractivity contribution in [3.63, 3.8) is 0 Å². The van der Waals surface area contributed by atoms with Crippen LogP contribution in [0, 0.1) is 6.92 Å². The van der Waals surface area contributed by atoms with Gasteiger partial charge in [-0.25, -0.2) is 0 Å². The fourth-order valence-corrected chi connectivity index (χ4v) is 3.51. The number of aryl methyl sites for hydroxylation is 1. The second-order valence-corrected chi connectivity index (χ2v) is 6.37. The molecule has 2 saturated heterocycles. The third-order valence-electron chi connectivity index (χ3n) is 4.67. The summed E-state index contributed by atoms with van der Waals surface area (Å²) in [7, 11) is 0. The van der Waals surface area contributed by atoms with Gasteiger partial charge in [0.15, 0.2) is 0 Å². The number of ether oxygens (including phenoxy) is 1. The van der Waals surface area contributed by atoms with Crippen molar-refractivity contribution in [3.8, 4) is 0 Å². The Labute approximate surface area is 132 Å². The van der Waals surface area contributed by atoms with E-state index >= 15 is 0 Å². The molecule has 4 heteroatoms. The lowest BCUT2D eigenvalue weighted by atomic mass is 9.98. The highest BCUT2D eigenvalue weighted by Crippen LogP contribution is 2.31. The van der Waals surface area contributed by atoms with Gasteiger partial charge in [0.05, 0.1) is 12.6 Å². The Morgan fingerprint density at radius 1 is 1.32 bits per heavy atom. The van der Waals surface area contributed by atoms with Crippen molar-refractivity contribution in [2.24, 2.45) is 0 Å². The number of rotatable bonds is 2. The second-order valence-electron chi connectivity index (χ2n) is 6.37. The van der Waals surface area contributed by atoms with Crippen LogP contribution in [0.3, 0.4) is 0 Å². The average Bonchev–Trinajstić information content (AvgIpc) is 2.81. The SMILES string of the molecule is Cc1cccc(C2CCCCCN2C(=O)C2CNCCO2)c1. The van der Waals surface area contributed by atoms with E-state index in [1.807, 2.05) is 0 Å². The Hall–Kier alpha value is -1.39. The Morgan fingerprint density at radius 2 is 2.23 bits per heavy atom. The van der Waals surface area contributed by atoms with Crippen LogP contribution in [0.5, 0.6) is 0 Å². The van der Waals surface area contributed by atoms with E-state index in [1.165, 1.54) is 24.0 Å². The summed E-state index contributed by atoms with van der Waals surface area (Å²) < 4.78 is 5.69. The highest BCUT2D eigenvalue weighted by Gasteiger charge is 2.32. The van der Waals surface area contributed by atoms with Gasteiger partial charge in [-0.05, 0) is 25.3 Å². The van der Waals surface area contributed by atoms with Crippen molar-refractivity contribution in [2.45, 2.75) is 44.8 Å². The number of nitrogens with one attached hydrogen (secondary N) is 1. The van der Waals surface area contributed by atoms with E-state index in [0.29, 0.717) is 13.2 Å². The number of nitrogens with zero attached hydrogens (tertiary/aromatic N) is 1. The maximum absolute atomic E-state index is 12.9. The summed E-state index contributed by atoms with van der Waals surface area (Å²) in [6.07, 6.45) is 4.21. The number of amides is 1. The lowest BCUT2D eigenvalue weighted by Gasteiger charge is -2.34. The van der Waals surface area contributed by atoms with Gasteiger partial charge in [-0.1, -0.05) is 42.7 Å². The third-order valence-corrected chi connectivity index (χ3v) is 4.67. The fraction of sp³-hybridized carbons (Fsp3) is 0.611. The predicted octanol–water partition coefficient (Wildman–Crippen LogP) is 2.43. The summed E-state index contributed by atoms with van der Waals surface area (Å²) in [6, 6.07) is 8.78. The van der Waals surface area contributed by atoms with Gasteiger partial charge in [0, 0.05) is 19.6 Å². The molecule has 2 aliphatic rings. The zero-order valence-electron chi connectivity index (χ0n) is 13.4. The van der Waals surface area contributed by atoms with E-state index in [2.05, 4.69) is 41.4 Å². The minimum absolute atomic E-state index is 0.153. The normalized spacial score (nSPS) is 26.5. The highest BCUT2D eigenvalue weighted by molar-refractivity contribution is 5.82. The van der Waals surface area contributed by atoms with Crippen LogP contribution in [-0.4, -0.2) is 43.2 Å². The molecule has 0 aliphatic carbocycles. The van der Waals surface area contributed by atoms with Crippen LogP contribution < -0.4 is 5.32 Å². The van der Waals surface area contributed by atoms with Crippen LogP contribution in [0.2, 0.25) is 0 Å². The number of carbonyl (C=O) groups excluding carboxylic acids is 1. The first-order chi connectivity index (χ1) is 10.8. The molecule has 120 valence electrons. The minimum atomic E-state index is -0.320. The van der Waals surface area contributed by atoms with Crippen molar-refractivity contribution < 1.29 is 9.53 Å². The van der Waals surface area contributed by atoms with E-state index in [1.54, 1.807) is 0 Å². The Morgan fingerprint density at radius 3 is 3.00 bits per heavy atom. The topological polar surface area (TPSA) is 41.6 Å². The summed E-state index contributed by atoms with van der Waals surface area (Å²) in [5, 5.41) is 3.26. The van der Waals surface area contributed by atoms with Crippen molar-refractivity contribution in [1.29, 1.82) is 0 Å². The van der Waals surface area contributed by atoms with Gasteiger partial charge in [-0.15, -0.1) is 0 Å². The molecule has 2 unspecified atom stereocenters. The summed E-state index contributed by atoms with van der Waals surface area (Å²) in [5.74, 6) is 0.153. The van der Waals surface area contributed by atoms with Crippen molar-refractivity contribution in [2.75, 3.05) is 26.2 Å². The third kappa shape index (κ3) is 3.50. The van der Waals surface area contributed by atoms with Crippen molar-refractivity contribution in [3.05, 3.63) is 35.4 Å². The average molecular weight is 302 g/mol. The lowest BCUT2D eigenvalue weighted by Crippen LogP contribution is -2.50. The molecule has 3 rings (SSSR count). The minimum Gasteiger partial charge on any atom is -0.366 e. The molecule has 0 saturated carbocycles. The molecule has 22 heavy (non-hydrogen) atoms. The predicted molar refractivity (Wildman–Crippen MR) is 86.7 cm³/mol. The van der Waals surface area contributed by atoms with Crippen molar-refractivity contribution >= 4 is 5.91 Å². The number of carbonyl (C=O) groups is 1. The van der Waals surface area contributed by atoms with Gasteiger partial charge in [0.25, 0.3) is 5.91 Å². The zero-order valence-corrected chi connectivity index (χ0v) is 13.4. The number of hydrogen-bond acceptors (Lipinski definition) is 3. The van der Waals surface area contributed by atoms with Crippen LogP contribution in [0.1, 0.15) is 42.9 Å². The van der Waals surface area contributed by atoms with E-state index < -0.39 is 0 Å². The van der Waals surface area contributed by atoms with Crippen LogP contribution in [-0.2, 0) is 9.53 Å². The van der Waals surface area contributed by atoms with Gasteiger partial charge in [0.1, 0.15) is 6.10 Å². The summed E-state index contributed by atoms with van der Waals surface area (Å²) in [6.45, 7) is 5.05. The van der Waals surface area contributed by atoms with Gasteiger partial charge in [-0.3, -0.25) is 4.79 Å². The number of likely N-dealkylation sites (tertiary alicyclic amines) is 1. The number of benzene rings is 1. The maximum Gasteiger partial charge on any atom is 0.253 e. The molecule has 4 nitrogen and oxygen atoms in total. The molecular weight excluding hydrogens is 276 g/mol. The van der Waals surface area contributed by atoms with E-state index in [0.717, 1.165) is 25.9 Å². The molecule has 2 aliphatic heterocycles. The molecule has 1 amide bonds. The summed E-state index contributed by atoms with van der Waals surface area (Å²) >= 11 is 0. The molecular formula is C18H26N2O2. The molecule has 1 aromatic carbocycles. The molecule has 0 radical (unpaired) electrons. The quantitative estimate of drug-likeness (QED) is 0.912. The van der Waals surface area contributed by atoms with Gasteiger partial charge >= 0.3 is 0 Å². The van der Waals surface area contributed by atoms with Crippen molar-refractivity contribution in [1.82, 2.24) is 10.2 Å². The molecule has 2 fully saturated rings. The first kappa shape index (κ1) is 15.5. The molecule has 0 aromatic heterocycles. The van der Waals surface area contributed by atoms with E-state index in [4.69, 9.17) is 4.74 Å². The van der Waals surface area contributed by atoms with E-state index in [9.17, 15) is 4.79 Å². The number of morpholine rings is 1. The van der Waals surface area contributed by atoms with Crippen LogP contribution in [0.25, 0.3) is 0 Å². The second kappa shape index (κ2) is 7.25. The summed E-state index contributed by atoms with van der Waals surface area (Å²) in [4.78, 5) is 15.0. The van der Waals surface area contributed by atoms with Crippen LogP contribution in [0.4, 0.5) is 0 Å². The fourth-order valence-electron chi connectivity index (χ4n) is 3.51. The molecule has 0 spiro atoms. The molecule has 1 aromatic rings. The number of hydrogen-bond donors (Lipinski definition) is 1. The van der Waals surface area contributed by atoms with Gasteiger partial charge in [-0.2, -0.15) is 0 Å². The Bertz CT molecular complexity index is 512. The van der Waals surface area contributed by atoms with Crippen LogP contribution >= 0.6 is 0 Å². The lowest BCUT2D eigenvalue weighted by molar-refractivity contribution is -0.147. The standard InChI is InChI=1S/C18H26N2O2/c1-14-6-5-7-15(12-14)16-8-3-2-4-10-20(16)18(21)17-13-19-9-11-22-17/h5-7,12,16-17,19H,2-4,8-11,13H2,1H3. The molecule has 0 bridgehead atoms. The largest absolute Gasteiger partial charge is 0.366 e. The molecule has 2 atom stereocenters. The van der Waals surface area contributed by atoms with E-state index in [-0.39, 0.29) is 18.1 Å². The maximum atomic E-state index is 12.9. The van der Waals surface area contributed by atoms with Gasteiger partial charge < -0.3 is 15.0 Å². The monoisotopic (exact) mass is 302 g/mol. The first-order valence-corrected chi connectivity index (χ1v) is 8.45. The summed E-state index contributed by atoms with van der Waals surface area (Å²) in [5.41, 5.74) is 2.52. The van der Waals surface area contributed by atoms with Gasteiger partial charge in [0.2, 0.25) is 0 Å².